The van der Waals surface area contributed by atoms with Crippen LogP contribution in [0.1, 0.15) is 5.56 Å². The van der Waals surface area contributed by atoms with Crippen molar-refractivity contribution >= 4 is 109 Å². The first-order valence-electron chi connectivity index (χ1n) is 29.0. The fourth-order valence-electron chi connectivity index (χ4n) is 14.4. The van der Waals surface area contributed by atoms with E-state index in [2.05, 4.69) is 320 Å². The standard InChI is InChI=1S/C79H48N6/c80-49-63-70(84-67-39-21-14-32-59(67)72-69(84)46-45-58-57-31-13-18-36-64(57)81(76(58)72)54-25-7-2-8-26-54)47-53(52-43-41-51(42-44-52)50-23-5-1-6-24-50)48-71(63)85-68-40-22-17-35-62(68)75-78-73(60-33-15-19-37-65(60)82(78)55-27-9-3-10-28-55)77-74(79(75)85)61-34-16-20-38-66(61)83(77)56-29-11-4-12-30-56/h1-48H. The molecule has 0 fully saturated rings. The highest BCUT2D eigenvalue weighted by Gasteiger charge is 2.31. The van der Waals surface area contributed by atoms with Crippen LogP contribution in [0.25, 0.3) is 160 Å². The first kappa shape index (κ1) is 47.0. The van der Waals surface area contributed by atoms with Gasteiger partial charge in [-0.1, -0.05) is 206 Å². The summed E-state index contributed by atoms with van der Waals surface area (Å²) in [5.41, 5.74) is 20.5. The predicted molar refractivity (Wildman–Crippen MR) is 354 cm³/mol. The number of para-hydroxylation sites is 8. The van der Waals surface area contributed by atoms with E-state index < -0.39 is 0 Å². The number of benzene rings is 13. The minimum absolute atomic E-state index is 0.558. The summed E-state index contributed by atoms with van der Waals surface area (Å²) in [6.07, 6.45) is 0. The molecule has 0 bridgehead atoms. The van der Waals surface area contributed by atoms with Crippen molar-refractivity contribution in [1.29, 1.82) is 5.26 Å². The summed E-state index contributed by atoms with van der Waals surface area (Å²) in [6, 6.07) is 108. The molecule has 0 aliphatic rings. The molecule has 6 heteroatoms. The molecular formula is C79H48N6. The van der Waals surface area contributed by atoms with Crippen molar-refractivity contribution in [3.8, 4) is 56.8 Å². The van der Waals surface area contributed by atoms with Crippen LogP contribution in [0.2, 0.25) is 0 Å². The molecule has 13 aromatic carbocycles. The molecule has 0 atom stereocenters. The van der Waals surface area contributed by atoms with Crippen LogP contribution >= 0.6 is 0 Å². The van der Waals surface area contributed by atoms with Crippen LogP contribution in [0.4, 0.5) is 0 Å². The number of fused-ring (bicyclic) bond motifs is 19. The molecule has 0 aliphatic heterocycles. The van der Waals surface area contributed by atoms with Crippen molar-refractivity contribution in [1.82, 2.24) is 22.8 Å². The average molecular weight is 1080 g/mol. The molecule has 0 spiro atoms. The van der Waals surface area contributed by atoms with Crippen LogP contribution in [-0.2, 0) is 0 Å². The summed E-state index contributed by atoms with van der Waals surface area (Å²) in [7, 11) is 0. The SMILES string of the molecule is N#Cc1c(-n2c3ccccc3c3c2ccc2c4ccccc4n(-c4ccccc4)c23)cc(-c2ccc(-c3ccccc3)cc2)cc1-n1c2ccccc2c2c3c(c4ccccc4n3-c3ccccc3)c3c(c4ccccc4n3-c3ccccc3)c21. The Kier molecular flexibility index (Phi) is 10.1. The third-order valence-electron chi connectivity index (χ3n) is 17.9. The molecule has 18 aromatic rings. The smallest absolute Gasteiger partial charge is 0.104 e. The van der Waals surface area contributed by atoms with E-state index in [0.29, 0.717) is 5.56 Å². The lowest BCUT2D eigenvalue weighted by Crippen LogP contribution is -2.05. The Bertz CT molecular complexity index is 5740. The second-order valence-electron chi connectivity index (χ2n) is 22.2. The first-order valence-corrected chi connectivity index (χ1v) is 29.0. The van der Waals surface area contributed by atoms with Gasteiger partial charge in [-0.15, -0.1) is 0 Å². The van der Waals surface area contributed by atoms with Gasteiger partial charge in [0, 0.05) is 70.9 Å². The van der Waals surface area contributed by atoms with Crippen LogP contribution in [0.5, 0.6) is 0 Å². The Labute approximate surface area is 488 Å². The molecular weight excluding hydrogens is 1030 g/mol. The summed E-state index contributed by atoms with van der Waals surface area (Å²) in [5.74, 6) is 0. The van der Waals surface area contributed by atoms with Gasteiger partial charge < -0.3 is 22.8 Å². The summed E-state index contributed by atoms with van der Waals surface area (Å²) in [4.78, 5) is 0. The number of aromatic nitrogens is 5. The van der Waals surface area contributed by atoms with Gasteiger partial charge in [-0.05, 0) is 107 Å². The lowest BCUT2D eigenvalue weighted by atomic mass is 9.97. The van der Waals surface area contributed by atoms with Crippen molar-refractivity contribution in [2.45, 2.75) is 0 Å². The Balaban J connectivity index is 1.05. The van der Waals surface area contributed by atoms with Gasteiger partial charge in [0.1, 0.15) is 11.6 Å². The first-order chi connectivity index (χ1) is 42.2. The van der Waals surface area contributed by atoms with Crippen LogP contribution in [0.15, 0.2) is 291 Å². The number of hydrogen-bond donors (Lipinski definition) is 0. The molecule has 0 aliphatic carbocycles. The number of nitrogens with zero attached hydrogens (tertiary/aromatic N) is 6. The van der Waals surface area contributed by atoms with Crippen molar-refractivity contribution in [3.05, 3.63) is 297 Å². The van der Waals surface area contributed by atoms with Gasteiger partial charge in [-0.25, -0.2) is 0 Å². The summed E-state index contributed by atoms with van der Waals surface area (Å²) in [6.45, 7) is 0. The Hall–Kier alpha value is -11.7. The highest BCUT2D eigenvalue weighted by atomic mass is 15.1. The molecule has 0 saturated carbocycles. The van der Waals surface area contributed by atoms with Crippen LogP contribution in [0, 0.1) is 11.3 Å². The van der Waals surface area contributed by atoms with Crippen molar-refractivity contribution in [3.63, 3.8) is 0 Å². The summed E-state index contributed by atoms with van der Waals surface area (Å²) >= 11 is 0. The molecule has 85 heavy (non-hydrogen) atoms. The van der Waals surface area contributed by atoms with Gasteiger partial charge in [0.2, 0.25) is 0 Å². The maximum atomic E-state index is 12.5. The molecule has 0 radical (unpaired) electrons. The van der Waals surface area contributed by atoms with Crippen molar-refractivity contribution < 1.29 is 0 Å². The maximum absolute atomic E-state index is 12.5. The molecule has 0 saturated heterocycles. The van der Waals surface area contributed by atoms with E-state index in [-0.39, 0.29) is 0 Å². The zero-order chi connectivity index (χ0) is 55.9. The molecule has 0 N–H and O–H groups in total. The molecule has 18 rings (SSSR count). The summed E-state index contributed by atoms with van der Waals surface area (Å²) in [5, 5.41) is 23.9. The lowest BCUT2D eigenvalue weighted by molar-refractivity contribution is 1.12. The third kappa shape index (κ3) is 6.63. The number of rotatable bonds is 7. The largest absolute Gasteiger partial charge is 0.309 e. The molecule has 394 valence electrons. The minimum atomic E-state index is 0.558. The number of nitriles is 1. The van der Waals surface area contributed by atoms with Gasteiger partial charge >= 0.3 is 0 Å². The maximum Gasteiger partial charge on any atom is 0.104 e. The Morgan fingerprint density at radius 3 is 1.02 bits per heavy atom. The molecule has 5 aromatic heterocycles. The van der Waals surface area contributed by atoms with Gasteiger partial charge in [0.15, 0.2) is 0 Å². The van der Waals surface area contributed by atoms with Crippen LogP contribution < -0.4 is 0 Å². The topological polar surface area (TPSA) is 48.4 Å². The highest BCUT2D eigenvalue weighted by Crippen LogP contribution is 2.52. The van der Waals surface area contributed by atoms with E-state index in [9.17, 15) is 5.26 Å². The van der Waals surface area contributed by atoms with Crippen LogP contribution in [-0.4, -0.2) is 22.8 Å². The van der Waals surface area contributed by atoms with E-state index in [0.717, 1.165) is 144 Å². The van der Waals surface area contributed by atoms with Gasteiger partial charge in [-0.3, -0.25) is 0 Å². The quantitative estimate of drug-likeness (QED) is 0.157. The van der Waals surface area contributed by atoms with Gasteiger partial charge in [-0.2, -0.15) is 5.26 Å². The predicted octanol–water partition coefficient (Wildman–Crippen LogP) is 20.4. The van der Waals surface area contributed by atoms with E-state index >= 15 is 0 Å². The van der Waals surface area contributed by atoms with E-state index in [1.54, 1.807) is 0 Å². The van der Waals surface area contributed by atoms with Crippen molar-refractivity contribution in [2.24, 2.45) is 0 Å². The normalized spacial score (nSPS) is 12.0. The van der Waals surface area contributed by atoms with Gasteiger partial charge in [0.25, 0.3) is 0 Å². The van der Waals surface area contributed by atoms with E-state index in [4.69, 9.17) is 0 Å². The fourth-order valence-corrected chi connectivity index (χ4v) is 14.4. The minimum Gasteiger partial charge on any atom is -0.309 e. The van der Waals surface area contributed by atoms with Crippen LogP contribution in [0.3, 0.4) is 0 Å². The monoisotopic (exact) mass is 1080 g/mol. The molecule has 6 nitrogen and oxygen atoms in total. The molecule has 5 heterocycles. The summed E-state index contributed by atoms with van der Waals surface area (Å²) < 4.78 is 12.2. The van der Waals surface area contributed by atoms with Gasteiger partial charge in [0.05, 0.1) is 66.5 Å². The Morgan fingerprint density at radius 2 is 0.553 bits per heavy atom. The third-order valence-corrected chi connectivity index (χ3v) is 17.9. The van der Waals surface area contributed by atoms with E-state index in [1.807, 2.05) is 0 Å². The molecule has 0 unspecified atom stereocenters. The highest BCUT2D eigenvalue weighted by molar-refractivity contribution is 6.40. The second kappa shape index (κ2) is 18.2. The molecule has 0 amide bonds. The van der Waals surface area contributed by atoms with Crippen molar-refractivity contribution in [2.75, 3.05) is 0 Å². The van der Waals surface area contributed by atoms with E-state index in [1.165, 1.54) is 16.2 Å². The fraction of sp³-hybridized carbons (Fsp3) is 0. The zero-order valence-electron chi connectivity index (χ0n) is 45.9. The Morgan fingerprint density at radius 1 is 0.224 bits per heavy atom. The number of hydrogen-bond acceptors (Lipinski definition) is 1. The average Bonchev–Trinajstić information content (AvgIpc) is 1.57. The second-order valence-corrected chi connectivity index (χ2v) is 22.2. The lowest BCUT2D eigenvalue weighted by Gasteiger charge is -2.19. The zero-order valence-corrected chi connectivity index (χ0v) is 45.9.